The molecule has 6 heteroatoms. The summed E-state index contributed by atoms with van der Waals surface area (Å²) in [5, 5.41) is 3.58. The topological polar surface area (TPSA) is 55.2 Å². The van der Waals surface area contributed by atoms with Gasteiger partial charge in [0.2, 0.25) is 0 Å². The van der Waals surface area contributed by atoms with Crippen LogP contribution in [-0.2, 0) is 0 Å². The Morgan fingerprint density at radius 1 is 1.31 bits per heavy atom. The Morgan fingerprint density at radius 3 is 2.75 bits per heavy atom. The van der Waals surface area contributed by atoms with Gasteiger partial charge in [0.1, 0.15) is 0 Å². The average molecular weight is 241 g/mol. The molecule has 5 nitrogen and oxygen atoms in total. The van der Waals surface area contributed by atoms with Gasteiger partial charge >= 0.3 is 0 Å². The van der Waals surface area contributed by atoms with Gasteiger partial charge in [0.25, 0.3) is 0 Å². The van der Waals surface area contributed by atoms with E-state index in [1.165, 1.54) is 31.0 Å². The second kappa shape index (κ2) is 6.35. The second-order valence-corrected chi connectivity index (χ2v) is 5.50. The van der Waals surface area contributed by atoms with Crippen molar-refractivity contribution in [3.63, 3.8) is 0 Å². The van der Waals surface area contributed by atoms with Crippen LogP contribution in [0.5, 0.6) is 0 Å². The third kappa shape index (κ3) is 3.28. The van der Waals surface area contributed by atoms with E-state index in [1.54, 1.807) is 0 Å². The van der Waals surface area contributed by atoms with Crippen molar-refractivity contribution >= 4 is 11.8 Å². The minimum atomic E-state index is 0.607. The first kappa shape index (κ1) is 12.0. The minimum Gasteiger partial charge on any atom is -0.301 e. The van der Waals surface area contributed by atoms with E-state index in [4.69, 9.17) is 5.53 Å². The summed E-state index contributed by atoms with van der Waals surface area (Å²) in [5.74, 6) is 2.65. The second-order valence-electron chi connectivity index (χ2n) is 4.35. The van der Waals surface area contributed by atoms with Gasteiger partial charge in [-0.2, -0.15) is 11.8 Å². The smallest absolute Gasteiger partial charge is 0.0385 e. The van der Waals surface area contributed by atoms with Crippen LogP contribution in [0.25, 0.3) is 10.4 Å². The average Bonchev–Trinajstić information content (AvgIpc) is 2.84. The van der Waals surface area contributed by atoms with E-state index in [0.717, 1.165) is 25.7 Å². The first-order valence-corrected chi connectivity index (χ1v) is 7.10. The molecule has 2 aliphatic rings. The molecule has 2 heterocycles. The standard InChI is InChI=1S/C10H19N5S/c11-13-12-2-3-14-4-6-15(7-5-14)10-1-8-16-9-10/h10H,1-9H2. The van der Waals surface area contributed by atoms with Crippen molar-refractivity contribution < 1.29 is 0 Å². The van der Waals surface area contributed by atoms with Crippen LogP contribution in [0.4, 0.5) is 0 Å². The van der Waals surface area contributed by atoms with Gasteiger partial charge in [0.05, 0.1) is 0 Å². The van der Waals surface area contributed by atoms with E-state index in [0.29, 0.717) is 6.54 Å². The fourth-order valence-corrected chi connectivity index (χ4v) is 3.65. The fraction of sp³-hybridized carbons (Fsp3) is 1.00. The van der Waals surface area contributed by atoms with Crippen molar-refractivity contribution in [3.05, 3.63) is 10.4 Å². The Kier molecular flexibility index (Phi) is 4.78. The summed E-state index contributed by atoms with van der Waals surface area (Å²) < 4.78 is 0. The molecule has 1 unspecified atom stereocenters. The van der Waals surface area contributed by atoms with Gasteiger partial charge in [-0.1, -0.05) is 5.11 Å². The zero-order valence-corrected chi connectivity index (χ0v) is 10.4. The number of azide groups is 1. The Labute approximate surface area is 101 Å². The molecule has 2 saturated heterocycles. The SMILES string of the molecule is [N-]=[N+]=NCCN1CCN(C2CCSC2)CC1. The summed E-state index contributed by atoms with van der Waals surface area (Å²) >= 11 is 2.08. The van der Waals surface area contributed by atoms with Crippen molar-refractivity contribution in [3.8, 4) is 0 Å². The van der Waals surface area contributed by atoms with E-state index in [2.05, 4.69) is 31.6 Å². The van der Waals surface area contributed by atoms with Gasteiger partial charge in [-0.05, 0) is 17.7 Å². The quantitative estimate of drug-likeness (QED) is 0.425. The molecular formula is C10H19N5S. The molecule has 16 heavy (non-hydrogen) atoms. The lowest BCUT2D eigenvalue weighted by molar-refractivity contribution is 0.107. The summed E-state index contributed by atoms with van der Waals surface area (Å²) in [4.78, 5) is 7.81. The van der Waals surface area contributed by atoms with Crippen molar-refractivity contribution in [1.82, 2.24) is 9.80 Å². The molecule has 0 aromatic heterocycles. The summed E-state index contributed by atoms with van der Waals surface area (Å²) in [6.07, 6.45) is 1.36. The highest BCUT2D eigenvalue weighted by Crippen LogP contribution is 2.23. The molecule has 0 radical (unpaired) electrons. The first-order valence-electron chi connectivity index (χ1n) is 5.95. The highest BCUT2D eigenvalue weighted by Gasteiger charge is 2.25. The summed E-state index contributed by atoms with van der Waals surface area (Å²) in [7, 11) is 0. The Bertz CT molecular complexity index is 252. The molecule has 1 atom stereocenters. The van der Waals surface area contributed by atoms with Crippen molar-refractivity contribution in [1.29, 1.82) is 0 Å². The lowest BCUT2D eigenvalue weighted by atomic mass is 10.2. The van der Waals surface area contributed by atoms with Gasteiger partial charge in [0, 0.05) is 56.0 Å². The first-order chi connectivity index (χ1) is 7.90. The van der Waals surface area contributed by atoms with E-state index >= 15 is 0 Å². The number of hydrogen-bond donors (Lipinski definition) is 0. The third-order valence-electron chi connectivity index (χ3n) is 3.41. The predicted molar refractivity (Wildman–Crippen MR) is 67.8 cm³/mol. The van der Waals surface area contributed by atoms with Crippen LogP contribution in [0.2, 0.25) is 0 Å². The fourth-order valence-electron chi connectivity index (χ4n) is 2.39. The van der Waals surface area contributed by atoms with E-state index in [9.17, 15) is 0 Å². The molecule has 2 aliphatic heterocycles. The maximum absolute atomic E-state index is 8.21. The van der Waals surface area contributed by atoms with Crippen LogP contribution < -0.4 is 0 Å². The minimum absolute atomic E-state index is 0.607. The third-order valence-corrected chi connectivity index (χ3v) is 4.55. The lowest BCUT2D eigenvalue weighted by Crippen LogP contribution is -2.50. The van der Waals surface area contributed by atoms with Crippen molar-refractivity contribution in [2.75, 3.05) is 50.8 Å². The molecule has 0 N–H and O–H groups in total. The van der Waals surface area contributed by atoms with Gasteiger partial charge in [-0.25, -0.2) is 0 Å². The molecule has 0 aliphatic carbocycles. The maximum Gasteiger partial charge on any atom is 0.0385 e. The van der Waals surface area contributed by atoms with Gasteiger partial charge in [-0.3, -0.25) is 4.90 Å². The zero-order chi connectivity index (χ0) is 11.2. The highest BCUT2D eigenvalue weighted by molar-refractivity contribution is 7.99. The van der Waals surface area contributed by atoms with E-state index in [1.807, 2.05) is 0 Å². The zero-order valence-electron chi connectivity index (χ0n) is 9.59. The number of nitrogens with zero attached hydrogens (tertiary/aromatic N) is 5. The molecule has 0 amide bonds. The van der Waals surface area contributed by atoms with Crippen LogP contribution in [0, 0.1) is 0 Å². The predicted octanol–water partition coefficient (Wildman–Crippen LogP) is 1.42. The summed E-state index contributed by atoms with van der Waals surface area (Å²) in [6.45, 7) is 6.14. The Hall–Kier alpha value is -0.420. The summed E-state index contributed by atoms with van der Waals surface area (Å²) in [5.41, 5.74) is 8.21. The Balaban J connectivity index is 1.67. The maximum atomic E-state index is 8.21. The normalized spacial score (nSPS) is 27.9. The van der Waals surface area contributed by atoms with Crippen LogP contribution in [0.15, 0.2) is 5.11 Å². The van der Waals surface area contributed by atoms with Crippen LogP contribution in [-0.4, -0.2) is 66.6 Å². The van der Waals surface area contributed by atoms with E-state index < -0.39 is 0 Å². The Morgan fingerprint density at radius 2 is 2.12 bits per heavy atom. The summed E-state index contributed by atoms with van der Waals surface area (Å²) in [6, 6.07) is 0.823. The van der Waals surface area contributed by atoms with Crippen molar-refractivity contribution in [2.45, 2.75) is 12.5 Å². The molecular weight excluding hydrogens is 222 g/mol. The molecule has 0 saturated carbocycles. The molecule has 0 aromatic rings. The van der Waals surface area contributed by atoms with Crippen LogP contribution in [0.3, 0.4) is 0 Å². The number of piperazine rings is 1. The lowest BCUT2D eigenvalue weighted by Gasteiger charge is -2.37. The van der Waals surface area contributed by atoms with Crippen LogP contribution in [0.1, 0.15) is 6.42 Å². The van der Waals surface area contributed by atoms with Gasteiger partial charge in [-0.15, -0.1) is 0 Å². The van der Waals surface area contributed by atoms with Gasteiger partial charge < -0.3 is 4.90 Å². The van der Waals surface area contributed by atoms with Gasteiger partial charge in [0.15, 0.2) is 0 Å². The molecule has 90 valence electrons. The highest BCUT2D eigenvalue weighted by atomic mass is 32.2. The molecule has 0 aromatic carbocycles. The van der Waals surface area contributed by atoms with Crippen LogP contribution >= 0.6 is 11.8 Å². The molecule has 2 fully saturated rings. The largest absolute Gasteiger partial charge is 0.301 e. The van der Waals surface area contributed by atoms with E-state index in [-0.39, 0.29) is 0 Å². The number of rotatable bonds is 4. The molecule has 0 bridgehead atoms. The molecule has 2 rings (SSSR count). The number of thioether (sulfide) groups is 1. The monoisotopic (exact) mass is 241 g/mol. The van der Waals surface area contributed by atoms with Crippen molar-refractivity contribution in [2.24, 2.45) is 5.11 Å². The molecule has 0 spiro atoms. The number of hydrogen-bond acceptors (Lipinski definition) is 4.